The van der Waals surface area contributed by atoms with Crippen molar-refractivity contribution in [1.29, 1.82) is 0 Å². The second-order valence-electron chi connectivity index (χ2n) is 1.07. The number of aliphatic hydroxyl groups is 1. The van der Waals surface area contributed by atoms with Crippen molar-refractivity contribution in [1.82, 2.24) is 0 Å². The lowest BCUT2D eigenvalue weighted by molar-refractivity contribution is -0.140. The summed E-state index contributed by atoms with van der Waals surface area (Å²) in [7, 11) is 0. The summed E-state index contributed by atoms with van der Waals surface area (Å²) in [4.78, 5) is 18.1. The molecule has 3 N–H and O–H groups in total. The molecule has 6 heteroatoms. The molecule has 60 valence electrons. The van der Waals surface area contributed by atoms with Crippen molar-refractivity contribution in [3.8, 4) is 0 Å². The van der Waals surface area contributed by atoms with Crippen molar-refractivity contribution in [3.63, 3.8) is 0 Å². The van der Waals surface area contributed by atoms with Gasteiger partial charge in [-0.2, -0.15) is 0 Å². The van der Waals surface area contributed by atoms with E-state index in [1.807, 2.05) is 0 Å². The van der Waals surface area contributed by atoms with Crippen LogP contribution in [-0.2, 0) is 9.59 Å². The first kappa shape index (κ1) is 16.2. The molecule has 5 nitrogen and oxygen atoms in total. The van der Waals surface area contributed by atoms with Crippen molar-refractivity contribution >= 4 is 29.3 Å². The molecule has 0 aromatic heterocycles. The lowest BCUT2D eigenvalue weighted by atomic mass is 10.8. The molecule has 0 aliphatic rings. The van der Waals surface area contributed by atoms with Crippen LogP contribution in [0.1, 0.15) is 6.92 Å². The highest BCUT2D eigenvalue weighted by Crippen LogP contribution is 1.48. The Hall–Kier alpha value is -0.568. The van der Waals surface area contributed by atoms with E-state index in [1.54, 1.807) is 0 Å². The fraction of sp³-hybridized carbons (Fsp3) is 0.500. The van der Waals surface area contributed by atoms with E-state index in [2.05, 4.69) is 0 Å². The van der Waals surface area contributed by atoms with Gasteiger partial charge in [-0.05, 0) is 0 Å². The van der Waals surface area contributed by atoms with E-state index in [1.165, 1.54) is 0 Å². The first-order chi connectivity index (χ1) is 4.00. The largest absolute Gasteiger partial charge is 0.481 e. The van der Waals surface area contributed by atoms with E-state index in [4.69, 9.17) is 24.9 Å². The summed E-state index contributed by atoms with van der Waals surface area (Å²) in [6.45, 7) is 0.306. The fourth-order valence-electron chi connectivity index (χ4n) is 0. The number of hydrogen-bond acceptors (Lipinski definition) is 3. The van der Waals surface area contributed by atoms with E-state index in [-0.39, 0.29) is 17.4 Å². The highest BCUT2D eigenvalue weighted by atomic mass is 27.0. The second kappa shape index (κ2) is 11.3. The number of carboxylic acid groups (broad SMARTS) is 2. The summed E-state index contributed by atoms with van der Waals surface area (Å²) in [5.74, 6) is -2.02. The summed E-state index contributed by atoms with van der Waals surface area (Å²) < 4.78 is 0. The SMILES string of the molecule is CC(=O)O.O=C(O)CO.[AlH3]. The molecule has 0 fully saturated rings. The van der Waals surface area contributed by atoms with Crippen LogP contribution in [0, 0.1) is 0 Å². The zero-order valence-corrected chi connectivity index (χ0v) is 4.87. The van der Waals surface area contributed by atoms with E-state index >= 15 is 0 Å². The van der Waals surface area contributed by atoms with Gasteiger partial charge in [0.1, 0.15) is 6.61 Å². The number of hydrogen-bond donors (Lipinski definition) is 3. The van der Waals surface area contributed by atoms with Gasteiger partial charge in [-0.1, -0.05) is 0 Å². The summed E-state index contributed by atoms with van der Waals surface area (Å²) in [6.07, 6.45) is 0. The zero-order chi connectivity index (χ0) is 7.86. The molecule has 0 aliphatic carbocycles. The number of carbonyl (C=O) groups is 2. The Kier molecular flexibility index (Phi) is 18.2. The van der Waals surface area contributed by atoms with Crippen molar-refractivity contribution in [2.45, 2.75) is 6.92 Å². The predicted octanol–water partition coefficient (Wildman–Crippen LogP) is -2.03. The van der Waals surface area contributed by atoms with Gasteiger partial charge in [0.15, 0.2) is 17.4 Å². The van der Waals surface area contributed by atoms with Gasteiger partial charge in [0.05, 0.1) is 0 Å². The van der Waals surface area contributed by atoms with Crippen molar-refractivity contribution in [2.75, 3.05) is 6.61 Å². The molecule has 10 heavy (non-hydrogen) atoms. The van der Waals surface area contributed by atoms with Crippen LogP contribution in [0.3, 0.4) is 0 Å². The Bertz CT molecular complexity index is 97.8. The van der Waals surface area contributed by atoms with Gasteiger partial charge in [-0.15, -0.1) is 0 Å². The summed E-state index contributed by atoms with van der Waals surface area (Å²) in [6, 6.07) is 0. The Morgan fingerprint density at radius 1 is 1.30 bits per heavy atom. The average molecular weight is 166 g/mol. The molecule has 0 aromatic carbocycles. The topological polar surface area (TPSA) is 94.8 Å². The maximum atomic E-state index is 9.12. The second-order valence-corrected chi connectivity index (χ2v) is 1.07. The van der Waals surface area contributed by atoms with E-state index in [9.17, 15) is 0 Å². The first-order valence-corrected chi connectivity index (χ1v) is 2.03. The molecule has 0 amide bonds. The number of aliphatic hydroxyl groups excluding tert-OH is 1. The van der Waals surface area contributed by atoms with Crippen LogP contribution in [0.25, 0.3) is 0 Å². The molecular formula is C4H11AlO5. The predicted molar refractivity (Wildman–Crippen MR) is 38.0 cm³/mol. The normalized spacial score (nSPS) is 6.20. The number of rotatable bonds is 1. The maximum absolute atomic E-state index is 9.12. The van der Waals surface area contributed by atoms with Crippen LogP contribution >= 0.6 is 0 Å². The van der Waals surface area contributed by atoms with E-state index in [0.29, 0.717) is 0 Å². The standard InChI is InChI=1S/C2H4O3.C2H4O2.Al.3H/c3-1-2(4)5;1-2(3)4;;;;/h3H,1H2,(H,4,5);1H3,(H,3,4);;;;. The highest BCUT2D eigenvalue weighted by molar-refractivity contribution is 5.75. The molecule has 0 aromatic rings. The fourth-order valence-corrected chi connectivity index (χ4v) is 0. The third kappa shape index (κ3) is 150. The van der Waals surface area contributed by atoms with Gasteiger partial charge in [-0.3, -0.25) is 4.79 Å². The molecular weight excluding hydrogens is 155 g/mol. The molecule has 0 unspecified atom stereocenters. The Balaban J connectivity index is -0.0000000910. The molecule has 0 saturated carbocycles. The average Bonchev–Trinajstić information content (AvgIpc) is 1.65. The monoisotopic (exact) mass is 166 g/mol. The van der Waals surface area contributed by atoms with Crippen molar-refractivity contribution < 1.29 is 24.9 Å². The minimum Gasteiger partial charge on any atom is -0.481 e. The lowest BCUT2D eigenvalue weighted by Gasteiger charge is -1.72. The highest BCUT2D eigenvalue weighted by Gasteiger charge is 1.82. The van der Waals surface area contributed by atoms with Crippen LogP contribution in [0.4, 0.5) is 0 Å². The number of aliphatic carboxylic acids is 2. The minimum atomic E-state index is -1.19. The van der Waals surface area contributed by atoms with Crippen LogP contribution in [0.2, 0.25) is 0 Å². The van der Waals surface area contributed by atoms with Crippen LogP contribution < -0.4 is 0 Å². The van der Waals surface area contributed by atoms with Gasteiger partial charge in [0.2, 0.25) is 0 Å². The smallest absolute Gasteiger partial charge is 0.329 e. The molecule has 0 rings (SSSR count). The minimum absolute atomic E-state index is 0. The summed E-state index contributed by atoms with van der Waals surface area (Å²) in [5, 5.41) is 22.4. The van der Waals surface area contributed by atoms with E-state index in [0.717, 1.165) is 6.92 Å². The van der Waals surface area contributed by atoms with Gasteiger partial charge < -0.3 is 15.3 Å². The molecule has 0 saturated heterocycles. The van der Waals surface area contributed by atoms with Crippen LogP contribution in [0.5, 0.6) is 0 Å². The molecule has 0 spiro atoms. The van der Waals surface area contributed by atoms with E-state index < -0.39 is 18.5 Å². The number of carboxylic acids is 2. The Morgan fingerprint density at radius 3 is 1.40 bits per heavy atom. The van der Waals surface area contributed by atoms with Crippen LogP contribution in [-0.4, -0.2) is 51.2 Å². The third-order valence-electron chi connectivity index (χ3n) is 0.135. The van der Waals surface area contributed by atoms with Crippen molar-refractivity contribution in [3.05, 3.63) is 0 Å². The van der Waals surface area contributed by atoms with Gasteiger partial charge in [0, 0.05) is 6.92 Å². The first-order valence-electron chi connectivity index (χ1n) is 2.03. The lowest BCUT2D eigenvalue weighted by Crippen LogP contribution is -1.98. The van der Waals surface area contributed by atoms with Crippen LogP contribution in [0.15, 0.2) is 0 Å². The Morgan fingerprint density at radius 2 is 1.40 bits per heavy atom. The maximum Gasteiger partial charge on any atom is 0.329 e. The zero-order valence-electron chi connectivity index (χ0n) is 4.87. The van der Waals surface area contributed by atoms with Gasteiger partial charge >= 0.3 is 5.97 Å². The molecule has 0 bridgehead atoms. The van der Waals surface area contributed by atoms with Crippen molar-refractivity contribution in [2.24, 2.45) is 0 Å². The van der Waals surface area contributed by atoms with Gasteiger partial charge in [0.25, 0.3) is 5.97 Å². The Labute approximate surface area is 68.4 Å². The quantitative estimate of drug-likeness (QED) is 0.390. The van der Waals surface area contributed by atoms with Gasteiger partial charge in [-0.25, -0.2) is 4.79 Å². The molecule has 0 aliphatic heterocycles. The third-order valence-corrected chi connectivity index (χ3v) is 0.135. The molecule has 0 heterocycles. The summed E-state index contributed by atoms with van der Waals surface area (Å²) >= 11 is 0. The molecule has 0 atom stereocenters. The summed E-state index contributed by atoms with van der Waals surface area (Å²) in [5.41, 5.74) is 0. The molecule has 0 radical (unpaired) electrons.